The van der Waals surface area contributed by atoms with Gasteiger partial charge in [-0.15, -0.1) is 0 Å². The van der Waals surface area contributed by atoms with Gasteiger partial charge in [0.1, 0.15) is 18.3 Å². The van der Waals surface area contributed by atoms with Crippen LogP contribution in [0.3, 0.4) is 0 Å². The molecule has 1 aliphatic heterocycles. The molecule has 5 atom stereocenters. The second-order valence-electron chi connectivity index (χ2n) is 8.22. The number of halogens is 1. The summed E-state index contributed by atoms with van der Waals surface area (Å²) in [5, 5.41) is 0.586. The van der Waals surface area contributed by atoms with Crippen LogP contribution in [-0.2, 0) is 43.5 Å². The Kier molecular flexibility index (Phi) is 9.68. The summed E-state index contributed by atoms with van der Waals surface area (Å²) in [5.41, 5.74) is 3.25. The Labute approximate surface area is 210 Å². The Morgan fingerprint density at radius 2 is 1.03 bits per heavy atom. The summed E-state index contributed by atoms with van der Waals surface area (Å²) in [7, 11) is 1.63. The highest BCUT2D eigenvalue weighted by Crippen LogP contribution is 2.31. The molecule has 1 saturated heterocycles. The van der Waals surface area contributed by atoms with Crippen molar-refractivity contribution in [3.8, 4) is 0 Å². The van der Waals surface area contributed by atoms with Crippen molar-refractivity contribution >= 4 is 15.9 Å². The SMILES string of the molecule is CO[C@H]1O[C@H](CBr)[C@H](OCc2ccccc2)[C@H](OCc2ccccc2)[C@H]1OCc1ccccc1. The Bertz CT molecular complexity index is 899. The molecule has 0 amide bonds. The minimum atomic E-state index is -0.580. The molecule has 5 nitrogen and oxygen atoms in total. The lowest BCUT2D eigenvalue weighted by molar-refractivity contribution is -0.313. The minimum absolute atomic E-state index is 0.258. The molecule has 34 heavy (non-hydrogen) atoms. The highest BCUT2D eigenvalue weighted by atomic mass is 79.9. The van der Waals surface area contributed by atoms with E-state index in [1.807, 2.05) is 78.9 Å². The van der Waals surface area contributed by atoms with Gasteiger partial charge in [0.25, 0.3) is 0 Å². The Hall–Kier alpha value is -2.06. The third-order valence-electron chi connectivity index (χ3n) is 5.83. The lowest BCUT2D eigenvalue weighted by Crippen LogP contribution is -2.61. The van der Waals surface area contributed by atoms with E-state index in [9.17, 15) is 0 Å². The van der Waals surface area contributed by atoms with Gasteiger partial charge in [0.2, 0.25) is 0 Å². The van der Waals surface area contributed by atoms with Gasteiger partial charge in [-0.2, -0.15) is 0 Å². The molecule has 0 aromatic heterocycles. The van der Waals surface area contributed by atoms with E-state index in [4.69, 9.17) is 23.7 Å². The summed E-state index contributed by atoms with van der Waals surface area (Å²) >= 11 is 3.60. The van der Waals surface area contributed by atoms with Crippen LogP contribution in [0.1, 0.15) is 16.7 Å². The molecule has 1 fully saturated rings. The van der Waals surface area contributed by atoms with Gasteiger partial charge in [0.15, 0.2) is 6.29 Å². The van der Waals surface area contributed by atoms with Crippen molar-refractivity contribution in [2.75, 3.05) is 12.4 Å². The van der Waals surface area contributed by atoms with E-state index in [1.165, 1.54) is 0 Å². The molecule has 180 valence electrons. The van der Waals surface area contributed by atoms with Crippen LogP contribution in [0.5, 0.6) is 0 Å². The monoisotopic (exact) mass is 526 g/mol. The van der Waals surface area contributed by atoms with Crippen LogP contribution in [0.2, 0.25) is 0 Å². The van der Waals surface area contributed by atoms with Crippen LogP contribution in [-0.4, -0.2) is 43.1 Å². The standard InChI is InChI=1S/C28H31BrO5/c1-30-28-27(33-20-23-15-9-4-10-16-23)26(32-19-22-13-7-3-8-14-22)25(24(17-29)34-28)31-18-21-11-5-2-6-12-21/h2-16,24-28H,17-20H2,1H3/t24-,25+,26+,27-,28+/m1/s1. The zero-order valence-corrected chi connectivity index (χ0v) is 20.9. The van der Waals surface area contributed by atoms with Crippen molar-refractivity contribution < 1.29 is 23.7 Å². The van der Waals surface area contributed by atoms with Crippen molar-refractivity contribution in [3.63, 3.8) is 0 Å². The van der Waals surface area contributed by atoms with Gasteiger partial charge in [-0.05, 0) is 16.7 Å². The summed E-state index contributed by atoms with van der Waals surface area (Å²) in [6, 6.07) is 30.3. The van der Waals surface area contributed by atoms with Gasteiger partial charge >= 0.3 is 0 Å². The number of ether oxygens (including phenoxy) is 5. The average Bonchev–Trinajstić information content (AvgIpc) is 2.91. The van der Waals surface area contributed by atoms with Crippen LogP contribution in [0.15, 0.2) is 91.0 Å². The smallest absolute Gasteiger partial charge is 0.186 e. The van der Waals surface area contributed by atoms with E-state index in [0.29, 0.717) is 25.2 Å². The van der Waals surface area contributed by atoms with E-state index in [2.05, 4.69) is 28.1 Å². The second kappa shape index (κ2) is 13.1. The predicted octanol–water partition coefficient (Wildman–Crippen LogP) is 5.51. The maximum absolute atomic E-state index is 6.50. The molecule has 0 N–H and O–H groups in total. The number of hydrogen-bond acceptors (Lipinski definition) is 5. The number of alkyl halides is 1. The molecule has 0 spiro atoms. The van der Waals surface area contributed by atoms with Gasteiger partial charge in [-0.25, -0.2) is 0 Å². The molecule has 1 aliphatic rings. The van der Waals surface area contributed by atoms with Gasteiger partial charge in [0, 0.05) is 12.4 Å². The van der Waals surface area contributed by atoms with Crippen LogP contribution in [0, 0.1) is 0 Å². The van der Waals surface area contributed by atoms with Crippen molar-refractivity contribution in [2.24, 2.45) is 0 Å². The summed E-state index contributed by atoms with van der Waals surface area (Å²) in [6.07, 6.45) is -2.05. The summed E-state index contributed by atoms with van der Waals surface area (Å²) in [6.45, 7) is 1.31. The van der Waals surface area contributed by atoms with Gasteiger partial charge in [-0.1, -0.05) is 107 Å². The zero-order chi connectivity index (χ0) is 23.6. The van der Waals surface area contributed by atoms with E-state index < -0.39 is 18.5 Å². The lowest BCUT2D eigenvalue weighted by Gasteiger charge is -2.45. The summed E-state index contributed by atoms with van der Waals surface area (Å²) in [4.78, 5) is 0. The largest absolute Gasteiger partial charge is 0.368 e. The molecule has 0 unspecified atom stereocenters. The molecule has 3 aromatic carbocycles. The third kappa shape index (κ3) is 6.75. The molecule has 0 aliphatic carbocycles. The maximum atomic E-state index is 6.50. The van der Waals surface area contributed by atoms with Crippen molar-refractivity contribution in [2.45, 2.75) is 50.5 Å². The van der Waals surface area contributed by atoms with Crippen LogP contribution < -0.4 is 0 Å². The van der Waals surface area contributed by atoms with Crippen molar-refractivity contribution in [3.05, 3.63) is 108 Å². The first-order valence-corrected chi connectivity index (χ1v) is 12.6. The molecule has 0 bridgehead atoms. The minimum Gasteiger partial charge on any atom is -0.368 e. The molecule has 4 rings (SSSR count). The summed E-state index contributed by atoms with van der Waals surface area (Å²) in [5.74, 6) is 0. The van der Waals surface area contributed by atoms with Crippen molar-refractivity contribution in [1.82, 2.24) is 0 Å². The third-order valence-corrected chi connectivity index (χ3v) is 6.47. The second-order valence-corrected chi connectivity index (χ2v) is 8.86. The highest BCUT2D eigenvalue weighted by molar-refractivity contribution is 9.09. The Morgan fingerprint density at radius 3 is 1.44 bits per heavy atom. The molecule has 3 aromatic rings. The molecular weight excluding hydrogens is 496 g/mol. The fourth-order valence-electron chi connectivity index (χ4n) is 4.06. The number of methoxy groups -OCH3 is 1. The predicted molar refractivity (Wildman–Crippen MR) is 135 cm³/mol. The topological polar surface area (TPSA) is 46.2 Å². The first-order valence-electron chi connectivity index (χ1n) is 11.5. The fraction of sp³-hybridized carbons (Fsp3) is 0.357. The fourth-order valence-corrected chi connectivity index (χ4v) is 4.58. The molecule has 0 radical (unpaired) electrons. The number of hydrogen-bond donors (Lipinski definition) is 0. The van der Waals surface area contributed by atoms with Gasteiger partial charge in [0.05, 0.1) is 25.9 Å². The average molecular weight is 527 g/mol. The molecule has 0 saturated carbocycles. The number of rotatable bonds is 11. The zero-order valence-electron chi connectivity index (χ0n) is 19.3. The maximum Gasteiger partial charge on any atom is 0.186 e. The Balaban J connectivity index is 1.56. The van der Waals surface area contributed by atoms with E-state index in [0.717, 1.165) is 16.7 Å². The Morgan fingerprint density at radius 1 is 0.618 bits per heavy atom. The van der Waals surface area contributed by atoms with Crippen LogP contribution >= 0.6 is 15.9 Å². The lowest BCUT2D eigenvalue weighted by atomic mass is 9.98. The highest BCUT2D eigenvalue weighted by Gasteiger charge is 2.48. The quantitative estimate of drug-likeness (QED) is 0.308. The molecule has 6 heteroatoms. The van der Waals surface area contributed by atoms with Gasteiger partial charge < -0.3 is 23.7 Å². The van der Waals surface area contributed by atoms with E-state index in [-0.39, 0.29) is 12.2 Å². The molecule has 1 heterocycles. The van der Waals surface area contributed by atoms with Gasteiger partial charge in [-0.3, -0.25) is 0 Å². The van der Waals surface area contributed by atoms with E-state index >= 15 is 0 Å². The number of benzene rings is 3. The van der Waals surface area contributed by atoms with Crippen LogP contribution in [0.25, 0.3) is 0 Å². The normalized spacial score (nSPS) is 24.7. The first-order chi connectivity index (χ1) is 16.8. The van der Waals surface area contributed by atoms with Crippen LogP contribution in [0.4, 0.5) is 0 Å². The molecular formula is C28H31BrO5. The van der Waals surface area contributed by atoms with E-state index in [1.54, 1.807) is 7.11 Å². The van der Waals surface area contributed by atoms with Crippen molar-refractivity contribution in [1.29, 1.82) is 0 Å². The summed E-state index contributed by atoms with van der Waals surface area (Å²) < 4.78 is 31.3. The first kappa shape index (κ1) is 25.0.